The van der Waals surface area contributed by atoms with Gasteiger partial charge in [-0.2, -0.15) is 0 Å². The van der Waals surface area contributed by atoms with Crippen molar-refractivity contribution >= 4 is 38.6 Å². The van der Waals surface area contributed by atoms with Gasteiger partial charge in [-0.25, -0.2) is 0 Å². The van der Waals surface area contributed by atoms with E-state index in [1.54, 1.807) is 0 Å². The standard InChI is InChI=1S/C46H66O6Si2/c1-33(31-50-53(11,12)43(3,4)5)28-36-29-35(32-51-54(44(6,7)8,37-22-16-13-17-23-37)38-24-18-14-19-25-38)34(2)30-46(36)41(48)39(42(49-10)52-46)40(47)45(9)26-20-15-21-27-45/h13-14,16-19,22-25,28-29,34,36H,15,20-21,26-27,30-32H2,1-12H3/b33-28+/t34-,36-,46+/m1/s1. The Morgan fingerprint density at radius 2 is 1.44 bits per heavy atom. The van der Waals surface area contributed by atoms with E-state index in [4.69, 9.17) is 18.3 Å². The first-order chi connectivity index (χ1) is 25.2. The van der Waals surface area contributed by atoms with Gasteiger partial charge in [0.15, 0.2) is 19.7 Å². The molecule has 0 unspecified atom stereocenters. The van der Waals surface area contributed by atoms with Gasteiger partial charge in [0.2, 0.25) is 5.78 Å². The summed E-state index contributed by atoms with van der Waals surface area (Å²) in [5.74, 6) is -0.849. The highest BCUT2D eigenvalue weighted by atomic mass is 28.4. The molecule has 1 saturated carbocycles. The van der Waals surface area contributed by atoms with Gasteiger partial charge in [-0.1, -0.05) is 153 Å². The molecule has 0 bridgehead atoms. The molecule has 2 aliphatic carbocycles. The second-order valence-corrected chi connectivity index (χ2v) is 28.1. The molecule has 1 fully saturated rings. The maximum atomic E-state index is 15.0. The van der Waals surface area contributed by atoms with Crippen LogP contribution in [0.4, 0.5) is 0 Å². The highest BCUT2D eigenvalue weighted by Gasteiger charge is 2.60. The molecule has 294 valence electrons. The number of ketones is 2. The maximum Gasteiger partial charge on any atom is 0.295 e. The van der Waals surface area contributed by atoms with E-state index < -0.39 is 33.6 Å². The largest absolute Gasteiger partial charge is 0.468 e. The van der Waals surface area contributed by atoms with Crippen LogP contribution in [0.2, 0.25) is 23.2 Å². The SMILES string of the molecule is COC1=C(C(=O)C2(C)CCCCC2)C(=O)[C@@]2(C[C@@H](C)C(CO[Si](c3ccccc3)(c3ccccc3)C(C)(C)C)=C[C@H]2/C=C(\C)CO[Si](C)(C)C(C)(C)C)O1. The number of benzene rings is 2. The predicted octanol–water partition coefficient (Wildman–Crippen LogP) is 9.85. The van der Waals surface area contributed by atoms with Crippen LogP contribution in [0.5, 0.6) is 0 Å². The van der Waals surface area contributed by atoms with E-state index in [0.717, 1.165) is 43.3 Å². The number of methoxy groups -OCH3 is 1. The van der Waals surface area contributed by atoms with Crippen LogP contribution in [0.3, 0.4) is 0 Å². The first kappa shape index (κ1) is 42.1. The molecule has 5 rings (SSSR count). The van der Waals surface area contributed by atoms with Gasteiger partial charge in [-0.3, -0.25) is 9.59 Å². The third-order valence-electron chi connectivity index (χ3n) is 13.0. The Labute approximate surface area is 328 Å². The van der Waals surface area contributed by atoms with E-state index in [1.807, 2.05) is 6.92 Å². The highest BCUT2D eigenvalue weighted by Crippen LogP contribution is 2.50. The van der Waals surface area contributed by atoms with Gasteiger partial charge in [0.05, 0.1) is 20.3 Å². The van der Waals surface area contributed by atoms with Crippen LogP contribution < -0.4 is 10.4 Å². The third-order valence-corrected chi connectivity index (χ3v) is 22.4. The summed E-state index contributed by atoms with van der Waals surface area (Å²) in [6.07, 6.45) is 9.33. The second-order valence-electron chi connectivity index (χ2n) is 19.0. The van der Waals surface area contributed by atoms with Crippen LogP contribution in [0, 0.1) is 17.3 Å². The zero-order valence-corrected chi connectivity index (χ0v) is 37.2. The molecule has 6 nitrogen and oxygen atoms in total. The Bertz CT molecular complexity index is 1720. The molecule has 0 aromatic heterocycles. The van der Waals surface area contributed by atoms with Gasteiger partial charge < -0.3 is 18.3 Å². The van der Waals surface area contributed by atoms with Crippen molar-refractivity contribution < 1.29 is 27.9 Å². The summed E-state index contributed by atoms with van der Waals surface area (Å²) < 4.78 is 26.6. The van der Waals surface area contributed by atoms with Gasteiger partial charge in [-0.15, -0.1) is 0 Å². The van der Waals surface area contributed by atoms with Crippen LogP contribution in [-0.4, -0.2) is 54.1 Å². The number of carbonyl (C=O) groups is 2. The Hall–Kier alpha value is -3.05. The normalized spacial score (nSPS) is 24.0. The number of Topliss-reactive ketones (excluding diaryl/α,β-unsaturated/α-hetero) is 2. The lowest BCUT2D eigenvalue weighted by atomic mass is 9.66. The molecular weight excluding hydrogens is 705 g/mol. The lowest BCUT2D eigenvalue weighted by Crippen LogP contribution is -2.66. The summed E-state index contributed by atoms with van der Waals surface area (Å²) in [5.41, 5.74) is 0.340. The molecule has 1 heterocycles. The molecule has 0 amide bonds. The molecule has 54 heavy (non-hydrogen) atoms. The molecule has 3 aliphatic rings. The quantitative estimate of drug-likeness (QED) is 0.122. The van der Waals surface area contributed by atoms with Crippen molar-refractivity contribution in [2.45, 2.75) is 130 Å². The minimum atomic E-state index is -2.84. The number of hydrogen-bond acceptors (Lipinski definition) is 6. The van der Waals surface area contributed by atoms with E-state index in [0.29, 0.717) is 19.6 Å². The van der Waals surface area contributed by atoms with Crippen LogP contribution in [0.1, 0.15) is 101 Å². The van der Waals surface area contributed by atoms with Crippen LogP contribution >= 0.6 is 0 Å². The molecule has 8 heteroatoms. The van der Waals surface area contributed by atoms with Gasteiger partial charge >= 0.3 is 0 Å². The van der Waals surface area contributed by atoms with Crippen molar-refractivity contribution in [1.29, 1.82) is 0 Å². The van der Waals surface area contributed by atoms with Crippen LogP contribution in [0.25, 0.3) is 0 Å². The van der Waals surface area contributed by atoms with Crippen molar-refractivity contribution in [3.8, 4) is 0 Å². The monoisotopic (exact) mass is 770 g/mol. The average molecular weight is 771 g/mol. The molecule has 0 saturated heterocycles. The van der Waals surface area contributed by atoms with Gasteiger partial charge in [-0.05, 0) is 64.8 Å². The lowest BCUT2D eigenvalue weighted by Gasteiger charge is -2.45. The molecule has 1 aliphatic heterocycles. The second kappa shape index (κ2) is 15.8. The molecule has 0 radical (unpaired) electrons. The summed E-state index contributed by atoms with van der Waals surface area (Å²) >= 11 is 0. The minimum absolute atomic E-state index is 0.0570. The highest BCUT2D eigenvalue weighted by molar-refractivity contribution is 6.99. The summed E-state index contributed by atoms with van der Waals surface area (Å²) in [7, 11) is -3.37. The van der Waals surface area contributed by atoms with E-state index >= 15 is 0 Å². The first-order valence-electron chi connectivity index (χ1n) is 20.1. The van der Waals surface area contributed by atoms with E-state index in [9.17, 15) is 9.59 Å². The minimum Gasteiger partial charge on any atom is -0.468 e. The van der Waals surface area contributed by atoms with E-state index in [-0.39, 0.29) is 39.1 Å². The fraction of sp³-hybridized carbons (Fsp3) is 0.565. The number of hydrogen-bond donors (Lipinski definition) is 0. The number of carbonyl (C=O) groups excluding carboxylic acids is 2. The summed E-state index contributed by atoms with van der Waals surface area (Å²) in [5, 5.41) is 2.33. The first-order valence-corrected chi connectivity index (χ1v) is 24.9. The average Bonchev–Trinajstić information content (AvgIpc) is 3.40. The van der Waals surface area contributed by atoms with E-state index in [1.165, 1.54) is 17.5 Å². The topological polar surface area (TPSA) is 71.1 Å². The van der Waals surface area contributed by atoms with Gasteiger partial charge in [0.25, 0.3) is 14.3 Å². The summed E-state index contributed by atoms with van der Waals surface area (Å²) in [4.78, 5) is 29.4. The summed E-state index contributed by atoms with van der Waals surface area (Å²) in [6.45, 7) is 25.2. The van der Waals surface area contributed by atoms with Crippen molar-refractivity contribution in [2.75, 3.05) is 20.3 Å². The van der Waals surface area contributed by atoms with Crippen molar-refractivity contribution in [3.63, 3.8) is 0 Å². The Morgan fingerprint density at radius 3 is 1.94 bits per heavy atom. The Balaban J connectivity index is 1.58. The lowest BCUT2D eigenvalue weighted by molar-refractivity contribution is -0.141. The number of ether oxygens (including phenoxy) is 2. The summed E-state index contributed by atoms with van der Waals surface area (Å²) in [6, 6.07) is 21.4. The fourth-order valence-electron chi connectivity index (χ4n) is 8.56. The van der Waals surface area contributed by atoms with Gasteiger partial charge in [0, 0.05) is 17.8 Å². The molecule has 2 aromatic rings. The number of rotatable bonds is 12. The van der Waals surface area contributed by atoms with Crippen molar-refractivity contribution in [1.82, 2.24) is 0 Å². The fourth-order valence-corrected chi connectivity index (χ4v) is 14.1. The third kappa shape index (κ3) is 7.96. The zero-order chi connectivity index (χ0) is 39.7. The Kier molecular flexibility index (Phi) is 12.3. The predicted molar refractivity (Wildman–Crippen MR) is 225 cm³/mol. The van der Waals surface area contributed by atoms with Crippen molar-refractivity contribution in [3.05, 3.63) is 95.5 Å². The van der Waals surface area contributed by atoms with Gasteiger partial charge in [0.1, 0.15) is 5.57 Å². The molecule has 3 atom stereocenters. The smallest absolute Gasteiger partial charge is 0.295 e. The molecule has 1 spiro atoms. The zero-order valence-electron chi connectivity index (χ0n) is 35.2. The molecule has 0 N–H and O–H groups in total. The van der Waals surface area contributed by atoms with Crippen LogP contribution in [-0.2, 0) is 27.9 Å². The Morgan fingerprint density at radius 1 is 0.889 bits per heavy atom. The molecular formula is C46H66O6Si2. The van der Waals surface area contributed by atoms with Crippen LogP contribution in [0.15, 0.2) is 95.5 Å². The van der Waals surface area contributed by atoms with Crippen molar-refractivity contribution in [2.24, 2.45) is 17.3 Å². The van der Waals surface area contributed by atoms with E-state index in [2.05, 4.69) is 141 Å². The molecule has 2 aromatic carbocycles. The maximum absolute atomic E-state index is 15.0.